The van der Waals surface area contributed by atoms with Gasteiger partial charge in [-0.05, 0) is 30.7 Å². The van der Waals surface area contributed by atoms with Crippen molar-refractivity contribution < 1.29 is 4.79 Å². The number of rotatable bonds is 1. The van der Waals surface area contributed by atoms with Crippen LogP contribution in [0.4, 0.5) is 0 Å². The second-order valence-corrected chi connectivity index (χ2v) is 3.22. The van der Waals surface area contributed by atoms with E-state index >= 15 is 0 Å². The fourth-order valence-electron chi connectivity index (χ4n) is 1.59. The van der Waals surface area contributed by atoms with Crippen LogP contribution in [0.15, 0.2) is 30.5 Å². The van der Waals surface area contributed by atoms with E-state index in [4.69, 9.17) is 0 Å². The van der Waals surface area contributed by atoms with Gasteiger partial charge in [0.25, 0.3) is 0 Å². The Bertz CT molecular complexity index is 468. The predicted molar refractivity (Wildman–Crippen MR) is 52.1 cm³/mol. The molecular formula is C11H11NO. The van der Waals surface area contributed by atoms with Crippen LogP contribution in [-0.2, 0) is 0 Å². The Morgan fingerprint density at radius 1 is 1.38 bits per heavy atom. The summed E-state index contributed by atoms with van der Waals surface area (Å²) < 4.78 is 1.93. The zero-order chi connectivity index (χ0) is 9.42. The van der Waals surface area contributed by atoms with Crippen molar-refractivity contribution in [2.45, 2.75) is 13.8 Å². The molecule has 0 bridgehead atoms. The summed E-state index contributed by atoms with van der Waals surface area (Å²) in [4.78, 5) is 11.3. The van der Waals surface area contributed by atoms with Gasteiger partial charge in [0.15, 0.2) is 5.78 Å². The van der Waals surface area contributed by atoms with Gasteiger partial charge in [-0.25, -0.2) is 0 Å². The first kappa shape index (κ1) is 8.05. The molecule has 66 valence electrons. The zero-order valence-corrected chi connectivity index (χ0v) is 7.74. The second-order valence-electron chi connectivity index (χ2n) is 3.22. The Morgan fingerprint density at radius 3 is 2.85 bits per heavy atom. The van der Waals surface area contributed by atoms with Crippen LogP contribution in [0.5, 0.6) is 0 Å². The number of hydrogen-bond donors (Lipinski definition) is 0. The van der Waals surface area contributed by atoms with Gasteiger partial charge >= 0.3 is 0 Å². The van der Waals surface area contributed by atoms with Gasteiger partial charge in [0.05, 0.1) is 5.69 Å². The Kier molecular flexibility index (Phi) is 1.69. The normalized spacial score (nSPS) is 10.6. The smallest absolute Gasteiger partial charge is 0.176 e. The number of carbonyl (C=O) groups excluding carboxylic acids is 1. The average molecular weight is 173 g/mol. The predicted octanol–water partition coefficient (Wildman–Crippen LogP) is 2.45. The van der Waals surface area contributed by atoms with Gasteiger partial charge in [0.2, 0.25) is 0 Å². The minimum Gasteiger partial charge on any atom is -0.314 e. The maximum absolute atomic E-state index is 11.3. The highest BCUT2D eigenvalue weighted by molar-refractivity contribution is 5.94. The molecule has 2 aromatic heterocycles. The third-order valence-corrected chi connectivity index (χ3v) is 2.24. The Labute approximate surface area is 76.8 Å². The van der Waals surface area contributed by atoms with E-state index in [1.54, 1.807) is 6.92 Å². The summed E-state index contributed by atoms with van der Waals surface area (Å²) in [5.74, 6) is 0.106. The van der Waals surface area contributed by atoms with Crippen molar-refractivity contribution in [3.8, 4) is 0 Å². The van der Waals surface area contributed by atoms with Crippen molar-refractivity contribution in [3.05, 3.63) is 41.7 Å². The van der Waals surface area contributed by atoms with Crippen LogP contribution in [0.25, 0.3) is 5.52 Å². The summed E-state index contributed by atoms with van der Waals surface area (Å²) in [5.41, 5.74) is 3.01. The van der Waals surface area contributed by atoms with Gasteiger partial charge in [-0.15, -0.1) is 0 Å². The Balaban J connectivity index is 2.85. The van der Waals surface area contributed by atoms with E-state index in [1.807, 2.05) is 41.8 Å². The van der Waals surface area contributed by atoms with E-state index < -0.39 is 0 Å². The number of aryl methyl sites for hydroxylation is 1. The molecule has 2 heterocycles. The van der Waals surface area contributed by atoms with Crippen molar-refractivity contribution in [1.82, 2.24) is 4.40 Å². The largest absolute Gasteiger partial charge is 0.314 e. The highest BCUT2D eigenvalue weighted by atomic mass is 16.1. The lowest BCUT2D eigenvalue weighted by Gasteiger charge is -1.97. The maximum Gasteiger partial charge on any atom is 0.176 e. The molecule has 0 aliphatic carbocycles. The van der Waals surface area contributed by atoms with Gasteiger partial charge in [-0.3, -0.25) is 4.79 Å². The molecule has 0 amide bonds. The van der Waals surface area contributed by atoms with E-state index in [2.05, 4.69) is 0 Å². The van der Waals surface area contributed by atoms with Gasteiger partial charge in [0, 0.05) is 18.6 Å². The first-order valence-corrected chi connectivity index (χ1v) is 4.28. The van der Waals surface area contributed by atoms with E-state index in [0.717, 1.165) is 16.8 Å². The third kappa shape index (κ3) is 1.15. The molecule has 0 atom stereocenters. The number of fused-ring (bicyclic) bond motifs is 1. The van der Waals surface area contributed by atoms with Gasteiger partial charge in [-0.1, -0.05) is 6.07 Å². The molecule has 2 aromatic rings. The fraction of sp³-hybridized carbons (Fsp3) is 0.182. The molecule has 0 aliphatic rings. The Hall–Kier alpha value is -1.57. The SMILES string of the molecule is CC(=O)c1cc(C)c2ccccn12. The molecule has 0 saturated heterocycles. The zero-order valence-electron chi connectivity index (χ0n) is 7.74. The Morgan fingerprint density at radius 2 is 2.15 bits per heavy atom. The lowest BCUT2D eigenvalue weighted by atomic mass is 10.2. The number of pyridine rings is 1. The van der Waals surface area contributed by atoms with Crippen LogP contribution in [0.1, 0.15) is 23.0 Å². The molecule has 0 spiro atoms. The van der Waals surface area contributed by atoms with Crippen LogP contribution < -0.4 is 0 Å². The number of aromatic nitrogens is 1. The minimum absolute atomic E-state index is 0.106. The maximum atomic E-state index is 11.3. The van der Waals surface area contributed by atoms with Gasteiger partial charge < -0.3 is 4.40 Å². The summed E-state index contributed by atoms with van der Waals surface area (Å²) in [6.45, 7) is 3.61. The topological polar surface area (TPSA) is 21.5 Å². The lowest BCUT2D eigenvalue weighted by molar-refractivity contribution is 0.101. The third-order valence-electron chi connectivity index (χ3n) is 2.24. The monoisotopic (exact) mass is 173 g/mol. The summed E-state index contributed by atoms with van der Waals surface area (Å²) in [6.07, 6.45) is 1.92. The van der Waals surface area contributed by atoms with E-state index in [9.17, 15) is 4.79 Å². The quantitative estimate of drug-likeness (QED) is 0.607. The molecular weight excluding hydrogens is 162 g/mol. The summed E-state index contributed by atoms with van der Waals surface area (Å²) in [6, 6.07) is 7.85. The number of carbonyl (C=O) groups is 1. The molecule has 2 nitrogen and oxygen atoms in total. The second kappa shape index (κ2) is 2.73. The number of nitrogens with zero attached hydrogens (tertiary/aromatic N) is 1. The average Bonchev–Trinajstić information content (AvgIpc) is 2.45. The lowest BCUT2D eigenvalue weighted by Crippen LogP contribution is -1.96. The molecule has 0 radical (unpaired) electrons. The van der Waals surface area contributed by atoms with E-state index in [1.165, 1.54) is 0 Å². The van der Waals surface area contributed by atoms with Crippen LogP contribution in [-0.4, -0.2) is 10.2 Å². The standard InChI is InChI=1S/C11H11NO/c1-8-7-11(9(2)13)12-6-4-3-5-10(8)12/h3-7H,1-2H3. The molecule has 0 unspecified atom stereocenters. The summed E-state index contributed by atoms with van der Waals surface area (Å²) in [7, 11) is 0. The first-order valence-electron chi connectivity index (χ1n) is 4.28. The fourth-order valence-corrected chi connectivity index (χ4v) is 1.59. The van der Waals surface area contributed by atoms with Crippen molar-refractivity contribution in [1.29, 1.82) is 0 Å². The highest BCUT2D eigenvalue weighted by Gasteiger charge is 2.07. The molecule has 0 aromatic carbocycles. The van der Waals surface area contributed by atoms with Crippen LogP contribution >= 0.6 is 0 Å². The van der Waals surface area contributed by atoms with Crippen molar-refractivity contribution >= 4 is 11.3 Å². The molecule has 13 heavy (non-hydrogen) atoms. The molecule has 0 fully saturated rings. The van der Waals surface area contributed by atoms with Crippen LogP contribution in [0.2, 0.25) is 0 Å². The van der Waals surface area contributed by atoms with Gasteiger partial charge in [-0.2, -0.15) is 0 Å². The van der Waals surface area contributed by atoms with E-state index in [0.29, 0.717) is 0 Å². The van der Waals surface area contributed by atoms with Crippen LogP contribution in [0.3, 0.4) is 0 Å². The van der Waals surface area contributed by atoms with Gasteiger partial charge in [0.1, 0.15) is 0 Å². The molecule has 2 rings (SSSR count). The molecule has 0 N–H and O–H groups in total. The summed E-state index contributed by atoms with van der Waals surface area (Å²) in [5, 5.41) is 0. The number of Topliss-reactive ketones (excluding diaryl/α,β-unsaturated/α-hetero) is 1. The van der Waals surface area contributed by atoms with Crippen LogP contribution in [0, 0.1) is 6.92 Å². The van der Waals surface area contributed by atoms with Crippen molar-refractivity contribution in [2.75, 3.05) is 0 Å². The minimum atomic E-state index is 0.106. The highest BCUT2D eigenvalue weighted by Crippen LogP contribution is 2.15. The molecule has 2 heteroatoms. The molecule has 0 saturated carbocycles. The first-order chi connectivity index (χ1) is 6.20. The number of hydrogen-bond acceptors (Lipinski definition) is 1. The summed E-state index contributed by atoms with van der Waals surface area (Å²) >= 11 is 0. The number of ketones is 1. The van der Waals surface area contributed by atoms with Crippen molar-refractivity contribution in [3.63, 3.8) is 0 Å². The van der Waals surface area contributed by atoms with Crippen molar-refractivity contribution in [2.24, 2.45) is 0 Å². The van der Waals surface area contributed by atoms with E-state index in [-0.39, 0.29) is 5.78 Å². The molecule has 0 aliphatic heterocycles.